The van der Waals surface area contributed by atoms with Gasteiger partial charge in [0.05, 0.1) is 17.0 Å². The zero-order chi connectivity index (χ0) is 21.0. The number of hydrogen-bond donors (Lipinski definition) is 1. The maximum Gasteiger partial charge on any atom is 0.244 e. The maximum absolute atomic E-state index is 12.9. The van der Waals surface area contributed by atoms with E-state index in [9.17, 15) is 13.2 Å². The van der Waals surface area contributed by atoms with Crippen LogP contribution in [0.4, 0.5) is 0 Å². The highest BCUT2D eigenvalue weighted by Crippen LogP contribution is 2.24. The molecule has 6 nitrogen and oxygen atoms in total. The molecule has 1 aliphatic rings. The van der Waals surface area contributed by atoms with E-state index in [4.69, 9.17) is 0 Å². The zero-order valence-corrected chi connectivity index (χ0v) is 17.9. The normalized spacial score (nSPS) is 18.1. The fourth-order valence-corrected chi connectivity index (χ4v) is 4.99. The molecule has 2 aromatic rings. The Kier molecular flexibility index (Phi) is 6.49. The summed E-state index contributed by atoms with van der Waals surface area (Å²) in [7, 11) is -3.60. The molecule has 2 aromatic carbocycles. The van der Waals surface area contributed by atoms with Crippen molar-refractivity contribution in [3.63, 3.8) is 0 Å². The van der Waals surface area contributed by atoms with Gasteiger partial charge in [0, 0.05) is 13.1 Å². The maximum atomic E-state index is 12.9. The molecule has 29 heavy (non-hydrogen) atoms. The number of sulfonamides is 1. The van der Waals surface area contributed by atoms with E-state index in [2.05, 4.69) is 16.6 Å². The summed E-state index contributed by atoms with van der Waals surface area (Å²) in [5.41, 5.74) is 6.75. The second-order valence-electron chi connectivity index (χ2n) is 7.61. The number of hydrogen-bond acceptors (Lipinski definition) is 4. The third kappa shape index (κ3) is 5.10. The van der Waals surface area contributed by atoms with E-state index in [-0.39, 0.29) is 17.3 Å². The SMILES string of the molecule is Cc1ccc(S(=O)(=O)N2CCC[C@H](C(=O)N/N=C\c3ccc(C)cc3C)C2)cc1. The molecule has 1 heterocycles. The Morgan fingerprint density at radius 1 is 1.10 bits per heavy atom. The van der Waals surface area contributed by atoms with Gasteiger partial charge in [0.1, 0.15) is 0 Å². The zero-order valence-electron chi connectivity index (χ0n) is 17.1. The van der Waals surface area contributed by atoms with Crippen molar-refractivity contribution in [2.24, 2.45) is 11.0 Å². The van der Waals surface area contributed by atoms with Crippen LogP contribution in [0.15, 0.2) is 52.5 Å². The lowest BCUT2D eigenvalue weighted by Gasteiger charge is -2.30. The molecule has 0 aliphatic carbocycles. The van der Waals surface area contributed by atoms with E-state index in [0.717, 1.165) is 16.7 Å². The van der Waals surface area contributed by atoms with Crippen LogP contribution < -0.4 is 5.43 Å². The van der Waals surface area contributed by atoms with Gasteiger partial charge in [-0.1, -0.05) is 41.5 Å². The predicted molar refractivity (Wildman–Crippen MR) is 114 cm³/mol. The van der Waals surface area contributed by atoms with Crippen molar-refractivity contribution in [1.29, 1.82) is 0 Å². The van der Waals surface area contributed by atoms with Crippen molar-refractivity contribution in [3.05, 3.63) is 64.7 Å². The Morgan fingerprint density at radius 2 is 1.79 bits per heavy atom. The molecule has 1 amide bonds. The molecule has 154 valence electrons. The summed E-state index contributed by atoms with van der Waals surface area (Å²) in [5.74, 6) is -0.671. The summed E-state index contributed by atoms with van der Waals surface area (Å²) in [6.45, 7) is 6.52. The van der Waals surface area contributed by atoms with E-state index >= 15 is 0 Å². The molecule has 1 aliphatic heterocycles. The van der Waals surface area contributed by atoms with Crippen LogP contribution in [-0.4, -0.2) is 37.9 Å². The summed E-state index contributed by atoms with van der Waals surface area (Å²) >= 11 is 0. The quantitative estimate of drug-likeness (QED) is 0.604. The van der Waals surface area contributed by atoms with E-state index in [0.29, 0.717) is 19.4 Å². The van der Waals surface area contributed by atoms with E-state index in [1.165, 1.54) is 9.87 Å². The van der Waals surface area contributed by atoms with Crippen LogP contribution in [-0.2, 0) is 14.8 Å². The molecule has 0 spiro atoms. The van der Waals surface area contributed by atoms with Crippen LogP contribution in [0.3, 0.4) is 0 Å². The highest BCUT2D eigenvalue weighted by molar-refractivity contribution is 7.89. The summed E-state index contributed by atoms with van der Waals surface area (Å²) in [6, 6.07) is 12.8. The third-order valence-electron chi connectivity index (χ3n) is 5.22. The Bertz CT molecular complexity index is 1010. The minimum Gasteiger partial charge on any atom is -0.273 e. The molecule has 0 unspecified atom stereocenters. The van der Waals surface area contributed by atoms with Gasteiger partial charge < -0.3 is 0 Å². The van der Waals surface area contributed by atoms with Crippen molar-refractivity contribution < 1.29 is 13.2 Å². The van der Waals surface area contributed by atoms with Gasteiger partial charge in [-0.2, -0.15) is 9.41 Å². The van der Waals surface area contributed by atoms with Crippen LogP contribution >= 0.6 is 0 Å². The van der Waals surface area contributed by atoms with E-state index in [1.54, 1.807) is 30.5 Å². The second-order valence-corrected chi connectivity index (χ2v) is 9.55. The Hall–Kier alpha value is -2.51. The van der Waals surface area contributed by atoms with Gasteiger partial charge in [0.2, 0.25) is 15.9 Å². The van der Waals surface area contributed by atoms with Gasteiger partial charge in [-0.3, -0.25) is 4.79 Å². The average molecular weight is 414 g/mol. The summed E-state index contributed by atoms with van der Waals surface area (Å²) in [4.78, 5) is 12.8. The summed E-state index contributed by atoms with van der Waals surface area (Å²) in [6.07, 6.45) is 2.91. The molecule has 0 aromatic heterocycles. The van der Waals surface area contributed by atoms with Crippen LogP contribution in [0.25, 0.3) is 0 Å². The van der Waals surface area contributed by atoms with Gasteiger partial charge in [-0.05, 0) is 56.9 Å². The van der Waals surface area contributed by atoms with Gasteiger partial charge in [0.15, 0.2) is 0 Å². The van der Waals surface area contributed by atoms with Crippen molar-refractivity contribution in [1.82, 2.24) is 9.73 Å². The van der Waals surface area contributed by atoms with Crippen molar-refractivity contribution in [3.8, 4) is 0 Å². The fraction of sp³-hybridized carbons (Fsp3) is 0.364. The van der Waals surface area contributed by atoms with Crippen LogP contribution in [0.2, 0.25) is 0 Å². The Morgan fingerprint density at radius 3 is 2.48 bits per heavy atom. The first-order valence-corrected chi connectivity index (χ1v) is 11.2. The molecule has 0 bridgehead atoms. The molecule has 1 saturated heterocycles. The number of piperidine rings is 1. The highest BCUT2D eigenvalue weighted by Gasteiger charge is 2.33. The number of nitrogens with zero attached hydrogens (tertiary/aromatic N) is 2. The lowest BCUT2D eigenvalue weighted by atomic mass is 9.99. The lowest BCUT2D eigenvalue weighted by molar-refractivity contribution is -0.126. The topological polar surface area (TPSA) is 78.8 Å². The number of amides is 1. The molecule has 0 saturated carbocycles. The number of hydrazone groups is 1. The van der Waals surface area contributed by atoms with Crippen molar-refractivity contribution in [2.45, 2.75) is 38.5 Å². The predicted octanol–water partition coefficient (Wildman–Crippen LogP) is 3.16. The van der Waals surface area contributed by atoms with Crippen molar-refractivity contribution >= 4 is 22.1 Å². The number of carbonyl (C=O) groups excluding carboxylic acids is 1. The van der Waals surface area contributed by atoms with Crippen LogP contribution in [0, 0.1) is 26.7 Å². The molecule has 7 heteroatoms. The average Bonchev–Trinajstić information content (AvgIpc) is 2.70. The standard InChI is InChI=1S/C22H27N3O3S/c1-16-7-10-21(11-8-16)29(27,28)25-12-4-5-20(15-25)22(26)24-23-14-19-9-6-17(2)13-18(19)3/h6-11,13-14,20H,4-5,12,15H2,1-3H3,(H,24,26)/b23-14-/t20-/m0/s1. The minimum absolute atomic E-state index is 0.168. The van der Waals surface area contributed by atoms with Crippen LogP contribution in [0.1, 0.15) is 35.1 Å². The molecule has 3 rings (SSSR count). The highest BCUT2D eigenvalue weighted by atomic mass is 32.2. The molecule has 1 fully saturated rings. The van der Waals surface area contributed by atoms with Gasteiger partial charge >= 0.3 is 0 Å². The smallest absolute Gasteiger partial charge is 0.244 e. The summed E-state index contributed by atoms with van der Waals surface area (Å²) < 4.78 is 27.2. The van der Waals surface area contributed by atoms with Gasteiger partial charge in [-0.25, -0.2) is 13.8 Å². The third-order valence-corrected chi connectivity index (χ3v) is 7.10. The summed E-state index contributed by atoms with van der Waals surface area (Å²) in [5, 5.41) is 4.07. The molecule has 1 N–H and O–H groups in total. The van der Waals surface area contributed by atoms with E-state index in [1.807, 2.05) is 32.9 Å². The minimum atomic E-state index is -3.60. The Labute approximate surface area is 172 Å². The first-order chi connectivity index (χ1) is 13.8. The van der Waals surface area contributed by atoms with Gasteiger partial charge in [-0.15, -0.1) is 0 Å². The molecular formula is C22H27N3O3S. The van der Waals surface area contributed by atoms with Gasteiger partial charge in [0.25, 0.3) is 0 Å². The number of rotatable bonds is 5. The van der Waals surface area contributed by atoms with E-state index < -0.39 is 15.9 Å². The first-order valence-electron chi connectivity index (χ1n) is 9.74. The first kappa shape index (κ1) is 21.2. The number of carbonyl (C=O) groups is 1. The van der Waals surface area contributed by atoms with Crippen LogP contribution in [0.5, 0.6) is 0 Å². The van der Waals surface area contributed by atoms with Crippen molar-refractivity contribution in [2.75, 3.05) is 13.1 Å². The number of benzene rings is 2. The lowest BCUT2D eigenvalue weighted by Crippen LogP contribution is -2.44. The number of nitrogens with one attached hydrogen (secondary N) is 1. The largest absolute Gasteiger partial charge is 0.273 e. The molecular weight excluding hydrogens is 386 g/mol. The molecule has 1 atom stereocenters. The Balaban J connectivity index is 1.64. The monoisotopic (exact) mass is 413 g/mol. The molecule has 0 radical (unpaired) electrons. The number of aryl methyl sites for hydroxylation is 3. The second kappa shape index (κ2) is 8.88. The fourth-order valence-electron chi connectivity index (χ4n) is 3.46.